The highest BCUT2D eigenvalue weighted by atomic mass is 32.2. The number of aryl methyl sites for hydroxylation is 2. The van der Waals surface area contributed by atoms with Crippen LogP contribution in [0.5, 0.6) is 5.75 Å². The Morgan fingerprint density at radius 1 is 1.04 bits per heavy atom. The Morgan fingerprint density at radius 3 is 2.12 bits per heavy atom. The molecule has 0 aromatic heterocycles. The second-order valence-corrected chi connectivity index (χ2v) is 8.64. The highest BCUT2D eigenvalue weighted by Crippen LogP contribution is 2.31. The van der Waals surface area contributed by atoms with Crippen LogP contribution in [0.1, 0.15) is 50.3 Å². The number of hydrogen-bond acceptors (Lipinski definition) is 3. The molecule has 2 aromatic carbocycles. The van der Waals surface area contributed by atoms with Gasteiger partial charge in [0.2, 0.25) is 5.91 Å². The number of carbonyl (C=O) groups is 1. The van der Waals surface area contributed by atoms with Crippen LogP contribution in [-0.4, -0.2) is 15.2 Å². The van der Waals surface area contributed by atoms with Crippen LogP contribution in [0, 0.1) is 19.8 Å². The molecule has 26 heavy (non-hydrogen) atoms. The van der Waals surface area contributed by atoms with Gasteiger partial charge in [0.25, 0.3) is 0 Å². The maximum absolute atomic E-state index is 13.2. The number of carbonyl (C=O) groups excluding carboxylic acids is 1. The lowest BCUT2D eigenvalue weighted by Crippen LogP contribution is -2.18. The summed E-state index contributed by atoms with van der Waals surface area (Å²) in [5.41, 5.74) is 3.23. The minimum absolute atomic E-state index is 0.0437. The molecule has 0 spiro atoms. The van der Waals surface area contributed by atoms with Gasteiger partial charge in [0.05, 0.1) is 10.8 Å². The molecule has 0 aliphatic carbocycles. The van der Waals surface area contributed by atoms with E-state index < -0.39 is 10.8 Å². The molecule has 140 valence electrons. The van der Waals surface area contributed by atoms with Crippen LogP contribution in [0.3, 0.4) is 0 Å². The van der Waals surface area contributed by atoms with Crippen molar-refractivity contribution in [3.8, 4) is 5.75 Å². The van der Waals surface area contributed by atoms with Crippen LogP contribution in [0.4, 0.5) is 5.69 Å². The lowest BCUT2D eigenvalue weighted by molar-refractivity contribution is -0.118. The van der Waals surface area contributed by atoms with Gasteiger partial charge in [-0.15, -0.1) is 0 Å². The van der Waals surface area contributed by atoms with Gasteiger partial charge in [-0.1, -0.05) is 27.7 Å². The summed E-state index contributed by atoms with van der Waals surface area (Å²) in [5.74, 6) is 0.220. The van der Waals surface area contributed by atoms with Gasteiger partial charge in [0, 0.05) is 21.4 Å². The number of anilines is 1. The van der Waals surface area contributed by atoms with Gasteiger partial charge < -0.3 is 10.4 Å². The van der Waals surface area contributed by atoms with Crippen molar-refractivity contribution in [2.75, 3.05) is 5.32 Å². The Morgan fingerprint density at radius 2 is 1.62 bits per heavy atom. The molecule has 2 rings (SSSR count). The van der Waals surface area contributed by atoms with E-state index in [1.54, 1.807) is 12.1 Å². The van der Waals surface area contributed by atoms with Crippen LogP contribution in [0.25, 0.3) is 0 Å². The summed E-state index contributed by atoms with van der Waals surface area (Å²) in [5, 5.41) is 12.9. The number of rotatable bonds is 5. The van der Waals surface area contributed by atoms with Crippen LogP contribution in [-0.2, 0) is 15.6 Å². The first-order chi connectivity index (χ1) is 12.1. The molecule has 2 aromatic rings. The van der Waals surface area contributed by atoms with Gasteiger partial charge in [-0.25, -0.2) is 4.21 Å². The molecule has 0 fully saturated rings. The van der Waals surface area contributed by atoms with Crippen molar-refractivity contribution >= 4 is 22.4 Å². The fraction of sp³-hybridized carbons (Fsp3) is 0.381. The predicted molar refractivity (Wildman–Crippen MR) is 106 cm³/mol. The van der Waals surface area contributed by atoms with Gasteiger partial charge in [-0.2, -0.15) is 0 Å². The SMILES string of the molecule is Cc1cc(NC(=O)C(C)C)cc(C)c1S(=O)c1ccc(O)c(C(C)C)c1. The summed E-state index contributed by atoms with van der Waals surface area (Å²) in [6, 6.07) is 8.81. The maximum atomic E-state index is 13.2. The zero-order valence-corrected chi connectivity index (χ0v) is 17.0. The van der Waals surface area contributed by atoms with Gasteiger partial charge in [0.15, 0.2) is 0 Å². The molecule has 1 atom stereocenters. The molecule has 2 N–H and O–H groups in total. The zero-order valence-electron chi connectivity index (χ0n) is 16.2. The number of phenolic OH excluding ortho intramolecular Hbond substituents is 1. The Hall–Kier alpha value is -2.14. The third-order valence-corrected chi connectivity index (χ3v) is 5.97. The van der Waals surface area contributed by atoms with Crippen molar-refractivity contribution in [1.29, 1.82) is 0 Å². The van der Waals surface area contributed by atoms with Crippen molar-refractivity contribution in [2.24, 2.45) is 5.92 Å². The van der Waals surface area contributed by atoms with Crippen LogP contribution in [0.15, 0.2) is 40.1 Å². The van der Waals surface area contributed by atoms with E-state index in [1.165, 1.54) is 0 Å². The van der Waals surface area contributed by atoms with Crippen molar-refractivity contribution in [2.45, 2.75) is 57.3 Å². The molecule has 0 aliphatic rings. The number of aromatic hydroxyl groups is 1. The molecule has 0 aliphatic heterocycles. The summed E-state index contributed by atoms with van der Waals surface area (Å²) in [6.45, 7) is 11.5. The average molecular weight is 374 g/mol. The van der Waals surface area contributed by atoms with E-state index in [0.29, 0.717) is 10.6 Å². The summed E-state index contributed by atoms with van der Waals surface area (Å²) in [7, 11) is -1.36. The predicted octanol–water partition coefficient (Wildman–Crippen LogP) is 4.89. The molecule has 0 heterocycles. The van der Waals surface area contributed by atoms with Crippen LogP contribution in [0.2, 0.25) is 0 Å². The molecular formula is C21H27NO3S. The third-order valence-electron chi connectivity index (χ3n) is 4.27. The molecular weight excluding hydrogens is 346 g/mol. The minimum Gasteiger partial charge on any atom is -0.508 e. The normalized spacial score (nSPS) is 12.5. The van der Waals surface area contributed by atoms with E-state index in [2.05, 4.69) is 5.32 Å². The van der Waals surface area contributed by atoms with Gasteiger partial charge >= 0.3 is 0 Å². The number of nitrogens with one attached hydrogen (secondary N) is 1. The van der Waals surface area contributed by atoms with E-state index in [1.807, 2.05) is 59.7 Å². The standard InChI is InChI=1S/C21H27NO3S/c1-12(2)18-11-17(7-8-19(18)23)26(25)20-14(5)9-16(10-15(20)6)22-21(24)13(3)4/h7-13,23H,1-6H3,(H,22,24). The van der Waals surface area contributed by atoms with Crippen molar-refractivity contribution in [3.05, 3.63) is 47.0 Å². The Labute approximate surface area is 158 Å². The summed E-state index contributed by atoms with van der Waals surface area (Å²) in [4.78, 5) is 13.3. The summed E-state index contributed by atoms with van der Waals surface area (Å²) >= 11 is 0. The zero-order chi connectivity index (χ0) is 19.6. The molecule has 1 amide bonds. The molecule has 0 bridgehead atoms. The summed E-state index contributed by atoms with van der Waals surface area (Å²) in [6.07, 6.45) is 0. The fourth-order valence-electron chi connectivity index (χ4n) is 2.83. The molecule has 0 saturated carbocycles. The highest BCUT2D eigenvalue weighted by molar-refractivity contribution is 7.85. The Balaban J connectivity index is 2.41. The summed E-state index contributed by atoms with van der Waals surface area (Å²) < 4.78 is 13.2. The van der Waals surface area contributed by atoms with E-state index in [9.17, 15) is 14.1 Å². The minimum atomic E-state index is -1.36. The second kappa shape index (κ2) is 8.04. The molecule has 1 unspecified atom stereocenters. The largest absolute Gasteiger partial charge is 0.508 e. The van der Waals surface area contributed by atoms with E-state index in [0.717, 1.165) is 21.6 Å². The smallest absolute Gasteiger partial charge is 0.226 e. The first-order valence-electron chi connectivity index (χ1n) is 8.78. The second-order valence-electron chi connectivity index (χ2n) is 7.23. The number of amides is 1. The van der Waals surface area contributed by atoms with Crippen LogP contribution >= 0.6 is 0 Å². The van der Waals surface area contributed by atoms with Crippen molar-refractivity contribution in [3.63, 3.8) is 0 Å². The van der Waals surface area contributed by atoms with Gasteiger partial charge in [-0.3, -0.25) is 4.79 Å². The van der Waals surface area contributed by atoms with E-state index >= 15 is 0 Å². The molecule has 4 nitrogen and oxygen atoms in total. The maximum Gasteiger partial charge on any atom is 0.226 e. The van der Waals surface area contributed by atoms with Gasteiger partial charge in [0.1, 0.15) is 5.75 Å². The Kier molecular flexibility index (Phi) is 6.24. The first kappa shape index (κ1) is 20.2. The topological polar surface area (TPSA) is 66.4 Å². The quantitative estimate of drug-likeness (QED) is 0.784. The molecule has 0 radical (unpaired) electrons. The fourth-order valence-corrected chi connectivity index (χ4v) is 4.19. The monoisotopic (exact) mass is 373 g/mol. The van der Waals surface area contributed by atoms with Gasteiger partial charge in [-0.05, 0) is 66.8 Å². The number of phenols is 1. The lowest BCUT2D eigenvalue weighted by atomic mass is 10.0. The number of hydrogen-bond donors (Lipinski definition) is 2. The molecule has 0 saturated heterocycles. The average Bonchev–Trinajstić information content (AvgIpc) is 2.53. The third kappa shape index (κ3) is 4.33. The van der Waals surface area contributed by atoms with E-state index in [4.69, 9.17) is 0 Å². The highest BCUT2D eigenvalue weighted by Gasteiger charge is 2.17. The van der Waals surface area contributed by atoms with Crippen molar-refractivity contribution in [1.82, 2.24) is 0 Å². The molecule has 5 heteroatoms. The van der Waals surface area contributed by atoms with E-state index in [-0.39, 0.29) is 23.5 Å². The number of benzene rings is 2. The first-order valence-corrected chi connectivity index (χ1v) is 9.93. The van der Waals surface area contributed by atoms with Crippen molar-refractivity contribution < 1.29 is 14.1 Å². The Bertz CT molecular complexity index is 833. The lowest BCUT2D eigenvalue weighted by Gasteiger charge is -2.15. The van der Waals surface area contributed by atoms with Crippen LogP contribution < -0.4 is 5.32 Å².